The fraction of sp³-hybridized carbons (Fsp3) is 0.250. The van der Waals surface area contributed by atoms with Crippen LogP contribution in [0.4, 0.5) is 5.69 Å². The summed E-state index contributed by atoms with van der Waals surface area (Å²) in [6, 6.07) is 7.42. The molecule has 1 aromatic heterocycles. The van der Waals surface area contributed by atoms with Crippen molar-refractivity contribution in [2.75, 3.05) is 4.72 Å². The minimum Gasteiger partial charge on any atom is -0.279 e. The van der Waals surface area contributed by atoms with Crippen molar-refractivity contribution in [1.82, 2.24) is 4.98 Å². The lowest BCUT2D eigenvalue weighted by atomic mass is 10.0. The molecule has 2 rings (SSSR count). The summed E-state index contributed by atoms with van der Waals surface area (Å²) in [6.07, 6.45) is 1.35. The normalized spacial score (nSPS) is 11.7. The quantitative estimate of drug-likeness (QED) is 0.937. The van der Waals surface area contributed by atoms with Crippen LogP contribution in [-0.4, -0.2) is 13.4 Å². The predicted octanol–water partition coefficient (Wildman–Crippen LogP) is 3.07. The second-order valence-electron chi connectivity index (χ2n) is 4.21. The third-order valence-electron chi connectivity index (χ3n) is 2.48. The maximum absolute atomic E-state index is 12.0. The van der Waals surface area contributed by atoms with Crippen LogP contribution in [0.5, 0.6) is 0 Å². The number of aromatic nitrogens is 1. The molecule has 0 aliphatic heterocycles. The first-order chi connectivity index (χ1) is 8.49. The average Bonchev–Trinajstić information content (AvgIpc) is 2.82. The Morgan fingerprint density at radius 1 is 1.33 bits per heavy atom. The van der Waals surface area contributed by atoms with Crippen molar-refractivity contribution in [3.63, 3.8) is 0 Å². The minimum atomic E-state index is -3.51. The second-order valence-corrected chi connectivity index (χ2v) is 7.00. The van der Waals surface area contributed by atoms with Crippen LogP contribution in [0.2, 0.25) is 0 Å². The van der Waals surface area contributed by atoms with E-state index in [4.69, 9.17) is 0 Å². The van der Waals surface area contributed by atoms with Gasteiger partial charge in [-0.2, -0.15) is 0 Å². The SMILES string of the molecule is CC(C)c1cccc(NS(=O)(=O)c2cncs2)c1. The predicted molar refractivity (Wildman–Crippen MR) is 73.5 cm³/mol. The summed E-state index contributed by atoms with van der Waals surface area (Å²) in [6.45, 7) is 4.13. The highest BCUT2D eigenvalue weighted by Gasteiger charge is 2.16. The first-order valence-corrected chi connectivity index (χ1v) is 7.86. The van der Waals surface area contributed by atoms with Gasteiger partial charge in [-0.1, -0.05) is 26.0 Å². The lowest BCUT2D eigenvalue weighted by Gasteiger charge is -2.09. The van der Waals surface area contributed by atoms with Gasteiger partial charge in [0.15, 0.2) is 4.21 Å². The molecule has 18 heavy (non-hydrogen) atoms. The molecular weight excluding hydrogens is 268 g/mol. The first-order valence-electron chi connectivity index (χ1n) is 5.50. The van der Waals surface area contributed by atoms with Gasteiger partial charge in [0.25, 0.3) is 10.0 Å². The molecule has 0 saturated heterocycles. The highest BCUT2D eigenvalue weighted by Crippen LogP contribution is 2.22. The molecule has 6 heteroatoms. The Labute approximate surface area is 111 Å². The molecule has 0 fully saturated rings. The Hall–Kier alpha value is -1.40. The van der Waals surface area contributed by atoms with E-state index in [1.807, 2.05) is 18.2 Å². The Balaban J connectivity index is 2.27. The highest BCUT2D eigenvalue weighted by atomic mass is 32.2. The molecule has 1 N–H and O–H groups in total. The number of nitrogens with one attached hydrogen (secondary N) is 1. The van der Waals surface area contributed by atoms with E-state index in [1.54, 1.807) is 6.07 Å². The summed E-state index contributed by atoms with van der Waals surface area (Å²) in [4.78, 5) is 3.78. The molecule has 0 amide bonds. The molecule has 0 bridgehead atoms. The van der Waals surface area contributed by atoms with Gasteiger partial charge in [-0.25, -0.2) is 8.42 Å². The summed E-state index contributed by atoms with van der Waals surface area (Å²) < 4.78 is 26.8. The van der Waals surface area contributed by atoms with Gasteiger partial charge in [0.1, 0.15) is 0 Å². The standard InChI is InChI=1S/C12H14N2O2S2/c1-9(2)10-4-3-5-11(6-10)14-18(15,16)12-7-13-8-17-12/h3-9,14H,1-2H3. The molecule has 4 nitrogen and oxygen atoms in total. The van der Waals surface area contributed by atoms with Gasteiger partial charge >= 0.3 is 0 Å². The van der Waals surface area contributed by atoms with Gasteiger partial charge in [0.2, 0.25) is 0 Å². The molecule has 0 atom stereocenters. The number of rotatable bonds is 4. The summed E-state index contributed by atoms with van der Waals surface area (Å²) >= 11 is 1.10. The molecular formula is C12H14N2O2S2. The van der Waals surface area contributed by atoms with Crippen LogP contribution in [0.3, 0.4) is 0 Å². The van der Waals surface area contributed by atoms with E-state index in [0.29, 0.717) is 11.6 Å². The Morgan fingerprint density at radius 2 is 2.11 bits per heavy atom. The zero-order chi connectivity index (χ0) is 13.2. The molecule has 0 spiro atoms. The summed E-state index contributed by atoms with van der Waals surface area (Å²) in [5.74, 6) is 0.359. The number of sulfonamides is 1. The van der Waals surface area contributed by atoms with Crippen molar-refractivity contribution in [3.05, 3.63) is 41.5 Å². The van der Waals surface area contributed by atoms with E-state index in [0.717, 1.165) is 16.9 Å². The number of anilines is 1. The zero-order valence-electron chi connectivity index (χ0n) is 10.1. The van der Waals surface area contributed by atoms with E-state index in [9.17, 15) is 8.42 Å². The number of nitrogens with zero attached hydrogens (tertiary/aromatic N) is 1. The monoisotopic (exact) mass is 282 g/mol. The molecule has 0 unspecified atom stereocenters. The van der Waals surface area contributed by atoms with Crippen molar-refractivity contribution in [2.24, 2.45) is 0 Å². The third-order valence-corrected chi connectivity index (χ3v) is 5.13. The summed E-state index contributed by atoms with van der Waals surface area (Å²) in [5.41, 5.74) is 3.17. The van der Waals surface area contributed by atoms with Crippen LogP contribution in [0.15, 0.2) is 40.2 Å². The van der Waals surface area contributed by atoms with E-state index >= 15 is 0 Å². The summed E-state index contributed by atoms with van der Waals surface area (Å²) in [7, 11) is -3.51. The Kier molecular flexibility index (Phi) is 3.68. The van der Waals surface area contributed by atoms with Crippen LogP contribution in [-0.2, 0) is 10.0 Å². The Bertz CT molecular complexity index is 619. The van der Waals surface area contributed by atoms with Crippen LogP contribution in [0.25, 0.3) is 0 Å². The molecule has 1 heterocycles. The maximum Gasteiger partial charge on any atom is 0.273 e. The number of hydrogen-bond acceptors (Lipinski definition) is 4. The first kappa shape index (κ1) is 13.0. The van der Waals surface area contributed by atoms with E-state index in [1.165, 1.54) is 11.7 Å². The van der Waals surface area contributed by atoms with E-state index in [2.05, 4.69) is 23.6 Å². The van der Waals surface area contributed by atoms with Crippen molar-refractivity contribution in [1.29, 1.82) is 0 Å². The molecule has 0 aliphatic rings. The molecule has 0 aliphatic carbocycles. The van der Waals surface area contributed by atoms with Gasteiger partial charge in [0.05, 0.1) is 11.7 Å². The number of thiazole rings is 1. The lowest BCUT2D eigenvalue weighted by molar-refractivity contribution is 0.603. The highest BCUT2D eigenvalue weighted by molar-refractivity contribution is 7.94. The fourth-order valence-corrected chi connectivity index (χ4v) is 3.35. The average molecular weight is 282 g/mol. The van der Waals surface area contributed by atoms with Crippen molar-refractivity contribution in [2.45, 2.75) is 24.0 Å². The van der Waals surface area contributed by atoms with Gasteiger partial charge in [-0.3, -0.25) is 9.71 Å². The molecule has 2 aromatic rings. The van der Waals surface area contributed by atoms with Gasteiger partial charge in [-0.05, 0) is 23.6 Å². The lowest BCUT2D eigenvalue weighted by Crippen LogP contribution is -2.11. The number of benzene rings is 1. The second kappa shape index (κ2) is 5.07. The van der Waals surface area contributed by atoms with E-state index < -0.39 is 10.0 Å². The van der Waals surface area contributed by atoms with Crippen molar-refractivity contribution >= 4 is 27.0 Å². The molecule has 96 valence electrons. The third kappa shape index (κ3) is 2.88. The molecule has 0 radical (unpaired) electrons. The zero-order valence-corrected chi connectivity index (χ0v) is 11.8. The van der Waals surface area contributed by atoms with E-state index in [-0.39, 0.29) is 4.21 Å². The van der Waals surface area contributed by atoms with Crippen molar-refractivity contribution < 1.29 is 8.42 Å². The largest absolute Gasteiger partial charge is 0.279 e. The van der Waals surface area contributed by atoms with Gasteiger partial charge in [-0.15, -0.1) is 11.3 Å². The summed E-state index contributed by atoms with van der Waals surface area (Å²) in [5, 5.41) is 0. The molecule has 1 aromatic carbocycles. The minimum absolute atomic E-state index is 0.220. The Morgan fingerprint density at radius 3 is 2.72 bits per heavy atom. The number of hydrogen-bond donors (Lipinski definition) is 1. The van der Waals surface area contributed by atoms with Gasteiger partial charge in [0, 0.05) is 5.69 Å². The smallest absolute Gasteiger partial charge is 0.273 e. The van der Waals surface area contributed by atoms with Gasteiger partial charge < -0.3 is 0 Å². The fourth-order valence-electron chi connectivity index (χ4n) is 1.50. The van der Waals surface area contributed by atoms with Crippen LogP contribution < -0.4 is 4.72 Å². The van der Waals surface area contributed by atoms with Crippen LogP contribution in [0.1, 0.15) is 25.3 Å². The van der Waals surface area contributed by atoms with Crippen molar-refractivity contribution in [3.8, 4) is 0 Å². The van der Waals surface area contributed by atoms with Crippen LogP contribution >= 0.6 is 11.3 Å². The van der Waals surface area contributed by atoms with Crippen LogP contribution in [0, 0.1) is 0 Å². The maximum atomic E-state index is 12.0. The topological polar surface area (TPSA) is 59.1 Å². The molecule has 0 saturated carbocycles.